The molecular weight excluding hydrogens is 252 g/mol. The number of carbonyl (C=O) groups excluding carboxylic acids is 1. The van der Waals surface area contributed by atoms with Crippen LogP contribution in [0.1, 0.15) is 25.7 Å². The monoisotopic (exact) mass is 274 g/mol. The lowest BCUT2D eigenvalue weighted by atomic mass is 10.2. The van der Waals surface area contributed by atoms with Crippen LogP contribution in [0.4, 0.5) is 0 Å². The highest BCUT2D eigenvalue weighted by Crippen LogP contribution is 2.17. The van der Waals surface area contributed by atoms with Crippen molar-refractivity contribution in [2.75, 3.05) is 38.2 Å². The molecule has 2 heterocycles. The summed E-state index contributed by atoms with van der Waals surface area (Å²) in [6, 6.07) is -0.110. The number of amides is 1. The zero-order valence-corrected chi connectivity index (χ0v) is 11.8. The molecule has 0 aromatic heterocycles. The van der Waals surface area contributed by atoms with Gasteiger partial charge in [0.1, 0.15) is 0 Å². The Hall–Kier alpha value is -0.620. The molecule has 6 heteroatoms. The Bertz CT molecular complexity index is 402. The average molecular weight is 274 g/mol. The predicted molar refractivity (Wildman–Crippen MR) is 70.1 cm³/mol. The van der Waals surface area contributed by atoms with Crippen LogP contribution in [-0.4, -0.2) is 68.4 Å². The molecule has 0 aromatic rings. The highest BCUT2D eigenvalue weighted by molar-refractivity contribution is 7.91. The summed E-state index contributed by atoms with van der Waals surface area (Å²) < 4.78 is 22.8. The maximum absolute atomic E-state index is 12.0. The normalized spacial score (nSPS) is 27.5. The molecule has 1 amide bonds. The number of hydrogen-bond donors (Lipinski definition) is 0. The zero-order chi connectivity index (χ0) is 13.2. The van der Waals surface area contributed by atoms with E-state index in [0.717, 1.165) is 19.6 Å². The molecule has 0 spiro atoms. The van der Waals surface area contributed by atoms with Gasteiger partial charge in [-0.05, 0) is 32.4 Å². The fraction of sp³-hybridized carbons (Fsp3) is 0.917. The van der Waals surface area contributed by atoms with Gasteiger partial charge in [0.25, 0.3) is 0 Å². The Labute approximate surface area is 109 Å². The third kappa shape index (κ3) is 3.45. The van der Waals surface area contributed by atoms with Crippen LogP contribution in [0.2, 0.25) is 0 Å². The molecule has 5 nitrogen and oxygen atoms in total. The lowest BCUT2D eigenvalue weighted by molar-refractivity contribution is -0.131. The van der Waals surface area contributed by atoms with E-state index in [2.05, 4.69) is 4.90 Å². The van der Waals surface area contributed by atoms with Crippen LogP contribution in [-0.2, 0) is 14.6 Å². The molecular formula is C12H22N2O3S. The van der Waals surface area contributed by atoms with E-state index in [1.54, 1.807) is 11.9 Å². The van der Waals surface area contributed by atoms with Crippen LogP contribution in [0.15, 0.2) is 0 Å². The Morgan fingerprint density at radius 3 is 2.56 bits per heavy atom. The summed E-state index contributed by atoms with van der Waals surface area (Å²) in [5.41, 5.74) is 0. The number of nitrogens with zero attached hydrogens (tertiary/aromatic N) is 2. The van der Waals surface area contributed by atoms with Gasteiger partial charge in [-0.25, -0.2) is 8.42 Å². The van der Waals surface area contributed by atoms with Crippen molar-refractivity contribution in [1.29, 1.82) is 0 Å². The van der Waals surface area contributed by atoms with E-state index in [1.165, 1.54) is 12.8 Å². The molecule has 2 aliphatic heterocycles. The largest absolute Gasteiger partial charge is 0.342 e. The molecule has 0 N–H and O–H groups in total. The molecule has 2 fully saturated rings. The second kappa shape index (κ2) is 5.57. The van der Waals surface area contributed by atoms with Crippen molar-refractivity contribution in [2.45, 2.75) is 31.7 Å². The second-order valence-corrected chi connectivity index (χ2v) is 7.59. The zero-order valence-electron chi connectivity index (χ0n) is 11.0. The van der Waals surface area contributed by atoms with Crippen LogP contribution in [0.25, 0.3) is 0 Å². The smallest absolute Gasteiger partial charge is 0.223 e. The van der Waals surface area contributed by atoms with E-state index < -0.39 is 9.84 Å². The molecule has 1 unspecified atom stereocenters. The van der Waals surface area contributed by atoms with Gasteiger partial charge in [-0.1, -0.05) is 0 Å². The second-order valence-electron chi connectivity index (χ2n) is 5.36. The Morgan fingerprint density at radius 2 is 2.00 bits per heavy atom. The first kappa shape index (κ1) is 13.8. The van der Waals surface area contributed by atoms with E-state index in [-0.39, 0.29) is 23.5 Å². The highest BCUT2D eigenvalue weighted by atomic mass is 32.2. The van der Waals surface area contributed by atoms with Crippen molar-refractivity contribution in [3.8, 4) is 0 Å². The third-order valence-corrected chi connectivity index (χ3v) is 5.74. The van der Waals surface area contributed by atoms with E-state index >= 15 is 0 Å². The number of carbonyl (C=O) groups is 1. The summed E-state index contributed by atoms with van der Waals surface area (Å²) in [4.78, 5) is 15.9. The van der Waals surface area contributed by atoms with E-state index in [4.69, 9.17) is 0 Å². The van der Waals surface area contributed by atoms with Gasteiger partial charge in [0.05, 0.1) is 11.5 Å². The number of rotatable bonds is 4. The van der Waals surface area contributed by atoms with Gasteiger partial charge >= 0.3 is 0 Å². The third-order valence-electron chi connectivity index (χ3n) is 3.99. The minimum atomic E-state index is -2.91. The molecule has 0 aliphatic carbocycles. The molecule has 2 saturated heterocycles. The summed E-state index contributed by atoms with van der Waals surface area (Å²) in [7, 11) is -1.17. The van der Waals surface area contributed by atoms with Crippen LogP contribution in [0.5, 0.6) is 0 Å². The quantitative estimate of drug-likeness (QED) is 0.730. The van der Waals surface area contributed by atoms with Crippen molar-refractivity contribution in [3.05, 3.63) is 0 Å². The summed E-state index contributed by atoms with van der Waals surface area (Å²) in [6.07, 6.45) is 3.55. The summed E-state index contributed by atoms with van der Waals surface area (Å²) in [6.45, 7) is 2.99. The molecule has 0 saturated carbocycles. The highest BCUT2D eigenvalue weighted by Gasteiger charge is 2.32. The van der Waals surface area contributed by atoms with Gasteiger partial charge in [0.15, 0.2) is 9.84 Å². The van der Waals surface area contributed by atoms with Crippen LogP contribution >= 0.6 is 0 Å². The summed E-state index contributed by atoms with van der Waals surface area (Å²) >= 11 is 0. The predicted octanol–water partition coefficient (Wildman–Crippen LogP) is 0.118. The molecule has 0 bridgehead atoms. The van der Waals surface area contributed by atoms with Gasteiger partial charge in [0.2, 0.25) is 5.91 Å². The average Bonchev–Trinajstić information content (AvgIpc) is 2.94. The van der Waals surface area contributed by atoms with Crippen molar-refractivity contribution in [1.82, 2.24) is 9.80 Å². The Morgan fingerprint density at radius 1 is 1.33 bits per heavy atom. The first-order chi connectivity index (χ1) is 8.48. The van der Waals surface area contributed by atoms with Crippen LogP contribution < -0.4 is 0 Å². The van der Waals surface area contributed by atoms with E-state index in [0.29, 0.717) is 12.8 Å². The van der Waals surface area contributed by atoms with Gasteiger partial charge in [0, 0.05) is 26.1 Å². The first-order valence-corrected chi connectivity index (χ1v) is 8.48. The molecule has 104 valence electrons. The fourth-order valence-electron chi connectivity index (χ4n) is 2.72. The van der Waals surface area contributed by atoms with Crippen molar-refractivity contribution in [3.63, 3.8) is 0 Å². The standard InChI is InChI=1S/C12H22N2O3S/c1-13(11-5-9-18(16,17)10-11)12(15)4-8-14-6-2-3-7-14/h11H,2-10H2,1H3. The van der Waals surface area contributed by atoms with Gasteiger partial charge in [-0.2, -0.15) is 0 Å². The molecule has 0 radical (unpaired) electrons. The van der Waals surface area contributed by atoms with Crippen LogP contribution in [0.3, 0.4) is 0 Å². The van der Waals surface area contributed by atoms with Crippen molar-refractivity contribution < 1.29 is 13.2 Å². The molecule has 2 aliphatic rings. The first-order valence-electron chi connectivity index (χ1n) is 6.66. The SMILES string of the molecule is CN(C(=O)CCN1CCCC1)C1CCS(=O)(=O)C1. The molecule has 0 aromatic carbocycles. The van der Waals surface area contributed by atoms with Crippen LogP contribution in [0, 0.1) is 0 Å². The molecule has 1 atom stereocenters. The van der Waals surface area contributed by atoms with Gasteiger partial charge in [-0.3, -0.25) is 4.79 Å². The Kier molecular flexibility index (Phi) is 4.27. The maximum Gasteiger partial charge on any atom is 0.223 e. The number of likely N-dealkylation sites (tertiary alicyclic amines) is 1. The Balaban J connectivity index is 1.78. The maximum atomic E-state index is 12.0. The van der Waals surface area contributed by atoms with E-state index in [9.17, 15) is 13.2 Å². The van der Waals surface area contributed by atoms with E-state index in [1.807, 2.05) is 0 Å². The lowest BCUT2D eigenvalue weighted by Crippen LogP contribution is -2.39. The van der Waals surface area contributed by atoms with Crippen molar-refractivity contribution in [2.24, 2.45) is 0 Å². The summed E-state index contributed by atoms with van der Waals surface area (Å²) in [5.74, 6) is 0.435. The number of sulfone groups is 1. The lowest BCUT2D eigenvalue weighted by Gasteiger charge is -2.24. The summed E-state index contributed by atoms with van der Waals surface area (Å²) in [5, 5.41) is 0. The van der Waals surface area contributed by atoms with Gasteiger partial charge in [-0.15, -0.1) is 0 Å². The molecule has 2 rings (SSSR count). The van der Waals surface area contributed by atoms with Gasteiger partial charge < -0.3 is 9.80 Å². The van der Waals surface area contributed by atoms with Crippen molar-refractivity contribution >= 4 is 15.7 Å². The fourth-order valence-corrected chi connectivity index (χ4v) is 4.50. The molecule has 18 heavy (non-hydrogen) atoms. The number of hydrogen-bond acceptors (Lipinski definition) is 4. The minimum absolute atomic E-state index is 0.0731. The topological polar surface area (TPSA) is 57.7 Å². The minimum Gasteiger partial charge on any atom is -0.342 e.